The molecule has 2 aromatic carbocycles. The molecule has 0 saturated carbocycles. The van der Waals surface area contributed by atoms with Gasteiger partial charge in [-0.2, -0.15) is 4.98 Å². The predicted octanol–water partition coefficient (Wildman–Crippen LogP) is 2.98. The van der Waals surface area contributed by atoms with Gasteiger partial charge in [-0.1, -0.05) is 24.3 Å². The zero-order valence-corrected chi connectivity index (χ0v) is 15.0. The van der Waals surface area contributed by atoms with Crippen LogP contribution in [-0.4, -0.2) is 22.9 Å². The second-order valence-electron chi connectivity index (χ2n) is 5.81. The number of H-pyrrole nitrogens is 1. The molecular weight excluding hydrogens is 384 g/mol. The second kappa shape index (κ2) is 8.93. The van der Waals surface area contributed by atoms with Crippen LogP contribution in [0.3, 0.4) is 0 Å². The van der Waals surface area contributed by atoms with E-state index >= 15 is 0 Å². The van der Waals surface area contributed by atoms with Gasteiger partial charge in [0, 0.05) is 18.3 Å². The lowest BCUT2D eigenvalue weighted by Crippen LogP contribution is -2.23. The maximum atomic E-state index is 13.9. The molecule has 0 aliphatic heterocycles. The Kier molecular flexibility index (Phi) is 6.15. The van der Waals surface area contributed by atoms with Gasteiger partial charge in [0.2, 0.25) is 12.8 Å². The summed E-state index contributed by atoms with van der Waals surface area (Å²) in [5.41, 5.74) is 5.76. The number of hydrogen-bond acceptors (Lipinski definition) is 5. The number of ether oxygens (including phenoxy) is 1. The third kappa shape index (κ3) is 4.74. The molecule has 0 bridgehead atoms. The van der Waals surface area contributed by atoms with Gasteiger partial charge in [0.1, 0.15) is 11.6 Å². The van der Waals surface area contributed by atoms with Crippen molar-refractivity contribution in [1.82, 2.24) is 9.97 Å². The molecule has 0 unspecified atom stereocenters. The number of amides is 2. The molecule has 1 aromatic heterocycles. The highest BCUT2D eigenvalue weighted by molar-refractivity contribution is 5.99. The standard InChI is InChI=1S/C19H17F2N5O3/c20-10-29-16-4-2-1-3-15(16)24-19(28)26-18-23-9-13(17(27)25-18)11-5-6-12(8-22)14(21)7-11/h1-7,9H,8,10,22H2,(H3,23,24,25,26,27,28). The highest BCUT2D eigenvalue weighted by Gasteiger charge is 2.12. The van der Waals surface area contributed by atoms with E-state index in [9.17, 15) is 18.4 Å². The van der Waals surface area contributed by atoms with Crippen LogP contribution in [0, 0.1) is 5.82 Å². The molecule has 0 aliphatic rings. The zero-order valence-electron chi connectivity index (χ0n) is 15.0. The van der Waals surface area contributed by atoms with E-state index in [0.29, 0.717) is 11.1 Å². The Balaban J connectivity index is 1.75. The monoisotopic (exact) mass is 401 g/mol. The minimum Gasteiger partial charge on any atom is -0.461 e. The van der Waals surface area contributed by atoms with E-state index in [1.54, 1.807) is 18.2 Å². The van der Waals surface area contributed by atoms with Gasteiger partial charge in [0.05, 0.1) is 11.3 Å². The van der Waals surface area contributed by atoms with Crippen LogP contribution >= 0.6 is 0 Å². The molecule has 10 heteroatoms. The van der Waals surface area contributed by atoms with Crippen molar-refractivity contribution in [2.75, 3.05) is 17.5 Å². The number of para-hydroxylation sites is 2. The summed E-state index contributed by atoms with van der Waals surface area (Å²) in [4.78, 5) is 30.8. The Bertz CT molecular complexity index is 1090. The van der Waals surface area contributed by atoms with Crippen LogP contribution in [0.1, 0.15) is 5.56 Å². The number of urea groups is 1. The van der Waals surface area contributed by atoms with Crippen LogP contribution in [-0.2, 0) is 6.54 Å². The van der Waals surface area contributed by atoms with Crippen molar-refractivity contribution in [3.8, 4) is 16.9 Å². The van der Waals surface area contributed by atoms with Crippen molar-refractivity contribution in [3.05, 3.63) is 70.4 Å². The number of nitrogens with two attached hydrogens (primary N) is 1. The van der Waals surface area contributed by atoms with Crippen LogP contribution in [0.5, 0.6) is 5.75 Å². The molecule has 8 nitrogen and oxygen atoms in total. The predicted molar refractivity (Wildman–Crippen MR) is 104 cm³/mol. The van der Waals surface area contributed by atoms with Crippen LogP contribution in [0.15, 0.2) is 53.5 Å². The third-order valence-electron chi connectivity index (χ3n) is 3.96. The second-order valence-corrected chi connectivity index (χ2v) is 5.81. The van der Waals surface area contributed by atoms with Crippen LogP contribution in [0.2, 0.25) is 0 Å². The summed E-state index contributed by atoms with van der Waals surface area (Å²) in [7, 11) is 0. The molecule has 3 aromatic rings. The molecule has 0 fully saturated rings. The molecule has 29 heavy (non-hydrogen) atoms. The summed E-state index contributed by atoms with van der Waals surface area (Å²) in [5.74, 6) is -0.510. The number of carbonyl (C=O) groups excluding carboxylic acids is 1. The molecule has 150 valence electrons. The van der Waals surface area contributed by atoms with E-state index in [-0.39, 0.29) is 29.5 Å². The number of benzene rings is 2. The van der Waals surface area contributed by atoms with Crippen LogP contribution < -0.4 is 26.7 Å². The van der Waals surface area contributed by atoms with Crippen molar-refractivity contribution >= 4 is 17.7 Å². The number of aromatic amines is 1. The van der Waals surface area contributed by atoms with Gasteiger partial charge in [-0.05, 0) is 23.8 Å². The zero-order chi connectivity index (χ0) is 20.8. The number of alkyl halides is 1. The van der Waals surface area contributed by atoms with Gasteiger partial charge in [0.15, 0.2) is 0 Å². The Hall–Kier alpha value is -3.79. The third-order valence-corrected chi connectivity index (χ3v) is 3.96. The lowest BCUT2D eigenvalue weighted by molar-refractivity contribution is 0.192. The van der Waals surface area contributed by atoms with E-state index in [1.165, 1.54) is 30.5 Å². The Morgan fingerprint density at radius 3 is 2.69 bits per heavy atom. The van der Waals surface area contributed by atoms with Crippen molar-refractivity contribution in [2.24, 2.45) is 5.73 Å². The van der Waals surface area contributed by atoms with Gasteiger partial charge in [-0.15, -0.1) is 0 Å². The SMILES string of the molecule is NCc1ccc(-c2c[nH]c(NC(=O)Nc3ccccc3OCF)nc2=O)cc1F. The number of anilines is 2. The van der Waals surface area contributed by atoms with E-state index in [0.717, 1.165) is 0 Å². The highest BCUT2D eigenvalue weighted by Crippen LogP contribution is 2.24. The minimum absolute atomic E-state index is 0.0399. The first-order chi connectivity index (χ1) is 14.0. The molecule has 1 heterocycles. The average Bonchev–Trinajstić information content (AvgIpc) is 2.70. The maximum absolute atomic E-state index is 13.9. The normalized spacial score (nSPS) is 10.4. The molecule has 3 rings (SSSR count). The van der Waals surface area contributed by atoms with Crippen molar-refractivity contribution in [3.63, 3.8) is 0 Å². The lowest BCUT2D eigenvalue weighted by Gasteiger charge is -2.11. The topological polar surface area (TPSA) is 122 Å². The van der Waals surface area contributed by atoms with Crippen LogP contribution in [0.4, 0.5) is 25.2 Å². The number of rotatable bonds is 6. The molecule has 0 saturated heterocycles. The molecule has 0 aliphatic carbocycles. The average molecular weight is 401 g/mol. The van der Waals surface area contributed by atoms with Gasteiger partial charge < -0.3 is 20.8 Å². The lowest BCUT2D eigenvalue weighted by atomic mass is 10.1. The van der Waals surface area contributed by atoms with Gasteiger partial charge in [-0.3, -0.25) is 10.1 Å². The number of nitrogens with zero attached hydrogens (tertiary/aromatic N) is 1. The first-order valence-corrected chi connectivity index (χ1v) is 8.46. The summed E-state index contributed by atoms with van der Waals surface area (Å²) < 4.78 is 31.1. The number of halogens is 2. The number of nitrogens with one attached hydrogen (secondary N) is 3. The smallest absolute Gasteiger partial charge is 0.326 e. The van der Waals surface area contributed by atoms with Gasteiger partial charge >= 0.3 is 6.03 Å². The fourth-order valence-corrected chi connectivity index (χ4v) is 2.56. The summed E-state index contributed by atoms with van der Waals surface area (Å²) in [6.07, 6.45) is 1.31. The van der Waals surface area contributed by atoms with Crippen LogP contribution in [0.25, 0.3) is 11.1 Å². The van der Waals surface area contributed by atoms with Gasteiger partial charge in [0.25, 0.3) is 5.56 Å². The summed E-state index contributed by atoms with van der Waals surface area (Å²) in [5, 5.41) is 4.82. The van der Waals surface area contributed by atoms with E-state index in [4.69, 9.17) is 10.5 Å². The number of carbonyl (C=O) groups is 1. The molecule has 2 amide bonds. The summed E-state index contributed by atoms with van der Waals surface area (Å²) in [6.45, 7) is -1.01. The van der Waals surface area contributed by atoms with E-state index < -0.39 is 24.3 Å². The Morgan fingerprint density at radius 1 is 1.21 bits per heavy atom. The van der Waals surface area contributed by atoms with E-state index in [1.807, 2.05) is 0 Å². The highest BCUT2D eigenvalue weighted by atomic mass is 19.1. The number of hydrogen-bond donors (Lipinski definition) is 4. The van der Waals surface area contributed by atoms with Gasteiger partial charge in [-0.25, -0.2) is 13.6 Å². The van der Waals surface area contributed by atoms with E-state index in [2.05, 4.69) is 20.6 Å². The fourth-order valence-electron chi connectivity index (χ4n) is 2.56. The van der Waals surface area contributed by atoms with Crippen molar-refractivity contribution < 1.29 is 18.3 Å². The van der Waals surface area contributed by atoms with Crippen molar-refractivity contribution in [1.29, 1.82) is 0 Å². The quantitative estimate of drug-likeness (QED) is 0.506. The first-order valence-electron chi connectivity index (χ1n) is 8.46. The number of aromatic nitrogens is 2. The molecular formula is C19H17F2N5O3. The largest absolute Gasteiger partial charge is 0.461 e. The molecule has 5 N–H and O–H groups in total. The first kappa shape index (κ1) is 20.0. The minimum atomic E-state index is -1.05. The Morgan fingerprint density at radius 2 is 2.00 bits per heavy atom. The molecule has 0 atom stereocenters. The fraction of sp³-hybridized carbons (Fsp3) is 0.105. The Labute approximate surface area is 163 Å². The molecule has 0 spiro atoms. The maximum Gasteiger partial charge on any atom is 0.326 e. The summed E-state index contributed by atoms with van der Waals surface area (Å²) in [6, 6.07) is 9.76. The van der Waals surface area contributed by atoms with Crippen molar-refractivity contribution in [2.45, 2.75) is 6.54 Å². The molecule has 0 radical (unpaired) electrons. The summed E-state index contributed by atoms with van der Waals surface area (Å²) >= 11 is 0.